The summed E-state index contributed by atoms with van der Waals surface area (Å²) < 4.78 is 55.5. The van der Waals surface area contributed by atoms with Gasteiger partial charge in [-0.2, -0.15) is 0 Å². The Morgan fingerprint density at radius 1 is 0.925 bits per heavy atom. The smallest absolute Gasteiger partial charge is 0.460 e. The summed E-state index contributed by atoms with van der Waals surface area (Å²) in [5.41, 5.74) is 1.17. The van der Waals surface area contributed by atoms with Crippen LogP contribution in [0, 0.1) is 41.4 Å². The highest BCUT2D eigenvalue weighted by Crippen LogP contribution is 2.46. The maximum absolute atomic E-state index is 14.6. The average molecular weight is 1170 g/mol. The minimum Gasteiger partial charge on any atom is -0.460 e. The monoisotopic (exact) mass is 1170 g/mol. The number of methoxy groups -OCH3 is 3. The first-order chi connectivity index (χ1) is 37.8. The van der Waals surface area contributed by atoms with Crippen molar-refractivity contribution in [3.63, 3.8) is 0 Å². The van der Waals surface area contributed by atoms with Crippen molar-refractivity contribution in [1.29, 1.82) is 0 Å². The first kappa shape index (κ1) is 67.0. The van der Waals surface area contributed by atoms with Crippen LogP contribution in [0.2, 0.25) is 0 Å². The van der Waals surface area contributed by atoms with E-state index in [1.54, 1.807) is 40.9 Å². The molecular formula is C55H85N2O21P2+. The SMILES string of the molecule is COC1CC(CC2[C@H]3CCCN4C(=O)C(=O)C5(O)O[C@@H](CCC5C)C[C@H](OC)/C(C)=C/C=C/C=C/[C@@H](C)CC(C)C(=O)[C@H](OC)C(O)/C(C)=C/C(C)C(=O)C[C@@H]2OC(=O)C34)CC[C@H]1OC(=O)NCCCC(O)(OP(O)O)O[P+](=O)O. The predicted molar refractivity (Wildman–Crippen MR) is 288 cm³/mol. The molecule has 1 saturated carbocycles. The van der Waals surface area contributed by atoms with Crippen molar-refractivity contribution < 1.29 is 101 Å². The second kappa shape index (κ2) is 30.7. The standard InChI is InChI=1S/C55H84N2O21P2/c1-31-15-11-10-12-16-32(2)43(71-7)29-38-20-18-36(6)55(66,76-38)50(61)51(62)57-24-13-17-39-40(44(74-52(63)46(39)57)30-41(58)33(3)26-35(5)48(60)49(73-9)47(59)34(4)25-31)27-37-19-21-42(45(28-37)72-8)75-53(64)56-23-14-22-54(65,77-79(67)68)78-80(69)70/h10-12,15-16,26,31,33-34,36-40,42-46,48-49,60,65-68H,13-14,17-25,27-30H2,1-9H3,(H-,56,64,69,70)/p+1/b12-10+,15-11+,32-16+,35-26+/t31-,33?,34?,36?,37?,38+,39-,40?,42-,43+,44+,45?,46?,48?,49+,54?,55?/m1/s1. The van der Waals surface area contributed by atoms with E-state index in [1.807, 2.05) is 44.2 Å². The number of nitrogens with zero attached hydrogens (tertiary/aromatic N) is 1. The molecule has 5 aliphatic rings. The first-order valence-electron chi connectivity index (χ1n) is 27.6. The highest BCUT2D eigenvalue weighted by Gasteiger charge is 2.57. The molecule has 4 fully saturated rings. The number of aliphatic hydroxyl groups is 3. The van der Waals surface area contributed by atoms with Crippen LogP contribution in [0.4, 0.5) is 4.79 Å². The molecule has 0 spiro atoms. The van der Waals surface area contributed by atoms with Gasteiger partial charge in [0.05, 0.1) is 18.3 Å². The predicted octanol–water partition coefficient (Wildman–Crippen LogP) is 5.46. The first-order valence-corrected chi connectivity index (χ1v) is 29.9. The third kappa shape index (κ3) is 17.9. The lowest BCUT2D eigenvalue weighted by Crippen LogP contribution is -2.65. The lowest BCUT2D eigenvalue weighted by Gasteiger charge is -2.50. The minimum atomic E-state index is -3.40. The van der Waals surface area contributed by atoms with E-state index in [2.05, 4.69) is 14.4 Å². The van der Waals surface area contributed by atoms with Gasteiger partial charge >= 0.3 is 34.9 Å². The maximum atomic E-state index is 14.6. The summed E-state index contributed by atoms with van der Waals surface area (Å²) in [5, 5.41) is 36.5. The van der Waals surface area contributed by atoms with Crippen molar-refractivity contribution in [1.82, 2.24) is 10.2 Å². The molecule has 4 bridgehead atoms. The third-order valence-corrected chi connectivity index (χ3v) is 17.4. The number of ketones is 3. The van der Waals surface area contributed by atoms with Crippen LogP contribution >= 0.6 is 16.9 Å². The second-order valence-corrected chi connectivity index (χ2v) is 23.7. The fourth-order valence-corrected chi connectivity index (χ4v) is 12.9. The summed E-state index contributed by atoms with van der Waals surface area (Å²) in [5.74, 6) is -12.5. The quantitative estimate of drug-likeness (QED) is 0.0284. The Bertz CT molecular complexity index is 2300. The van der Waals surface area contributed by atoms with Gasteiger partial charge < -0.3 is 63.7 Å². The van der Waals surface area contributed by atoms with Crippen LogP contribution in [0.5, 0.6) is 0 Å². The number of nitrogens with one attached hydrogen (secondary N) is 1. The van der Waals surface area contributed by atoms with Gasteiger partial charge in [0.15, 0.2) is 5.78 Å². The molecular weight excluding hydrogens is 1090 g/mol. The molecule has 0 aromatic heterocycles. The van der Waals surface area contributed by atoms with Crippen molar-refractivity contribution in [2.45, 2.75) is 186 Å². The van der Waals surface area contributed by atoms with Crippen molar-refractivity contribution in [3.05, 3.63) is 47.6 Å². The Morgan fingerprint density at radius 3 is 2.31 bits per heavy atom. The number of amides is 2. The van der Waals surface area contributed by atoms with E-state index in [-0.39, 0.29) is 55.8 Å². The molecule has 450 valence electrons. The van der Waals surface area contributed by atoms with Gasteiger partial charge in [-0.25, -0.2) is 9.59 Å². The van der Waals surface area contributed by atoms with E-state index in [0.717, 1.165) is 5.57 Å². The number of piperidine rings is 1. The number of carbonyl (C=O) groups is 6. The summed E-state index contributed by atoms with van der Waals surface area (Å²) in [6, 6.07) is -1.25. The molecule has 1 aliphatic carbocycles. The molecule has 80 heavy (non-hydrogen) atoms. The fraction of sp³-hybridized carbons (Fsp3) is 0.745. The molecule has 3 saturated heterocycles. The van der Waals surface area contributed by atoms with E-state index >= 15 is 0 Å². The number of esters is 1. The summed E-state index contributed by atoms with van der Waals surface area (Å²) in [6.07, 6.45) is 7.02. The number of carbonyl (C=O) groups excluding carboxylic acids is 6. The number of Topliss-reactive ketones (excluding diaryl/α,β-unsaturated/α-hetero) is 3. The average Bonchev–Trinajstić information content (AvgIpc) is 3.39. The third-order valence-electron chi connectivity index (χ3n) is 16.5. The summed E-state index contributed by atoms with van der Waals surface area (Å²) in [4.78, 5) is 113. The summed E-state index contributed by atoms with van der Waals surface area (Å²) in [6.45, 7) is 10.4. The zero-order valence-electron chi connectivity index (χ0n) is 47.4. The Morgan fingerprint density at radius 2 is 1.65 bits per heavy atom. The van der Waals surface area contributed by atoms with Crippen LogP contribution in [0.1, 0.15) is 125 Å². The van der Waals surface area contributed by atoms with Gasteiger partial charge in [0.25, 0.3) is 11.7 Å². The number of alkyl carbamates (subject to hydrolysis) is 1. The van der Waals surface area contributed by atoms with Crippen molar-refractivity contribution >= 4 is 52.2 Å². The number of ether oxygens (including phenoxy) is 6. The number of allylic oxidation sites excluding steroid dienone is 6. The van der Waals surface area contributed by atoms with Gasteiger partial charge in [0, 0.05) is 81.9 Å². The molecule has 4 heterocycles. The highest BCUT2D eigenvalue weighted by atomic mass is 31.2. The molecule has 0 aromatic carbocycles. The van der Waals surface area contributed by atoms with Crippen LogP contribution in [-0.2, 0) is 66.0 Å². The largest absolute Gasteiger partial charge is 0.700 e. The molecule has 5 rings (SSSR count). The van der Waals surface area contributed by atoms with Gasteiger partial charge in [0.1, 0.15) is 36.2 Å². The molecule has 11 unspecified atom stereocenters. The second-order valence-electron chi connectivity index (χ2n) is 22.3. The normalized spacial score (nSPS) is 37.9. The van der Waals surface area contributed by atoms with E-state index < -0.39 is 137 Å². The summed E-state index contributed by atoms with van der Waals surface area (Å²) in [7, 11) is -2.21. The molecule has 23 nitrogen and oxygen atoms in total. The topological polar surface area (TPSA) is 330 Å². The van der Waals surface area contributed by atoms with Gasteiger partial charge in [-0.05, 0) is 107 Å². The fourth-order valence-electron chi connectivity index (χ4n) is 12.1. The van der Waals surface area contributed by atoms with Gasteiger partial charge in [-0.3, -0.25) is 23.7 Å². The van der Waals surface area contributed by atoms with Crippen LogP contribution in [-0.4, -0.2) is 165 Å². The molecule has 0 radical (unpaired) electrons. The molecule has 4 aliphatic heterocycles. The van der Waals surface area contributed by atoms with Gasteiger partial charge in [0.2, 0.25) is 5.79 Å². The summed E-state index contributed by atoms with van der Waals surface area (Å²) >= 11 is 0. The van der Waals surface area contributed by atoms with E-state index in [9.17, 15) is 48.7 Å². The van der Waals surface area contributed by atoms with E-state index in [0.29, 0.717) is 63.4 Å². The van der Waals surface area contributed by atoms with E-state index in [4.69, 9.17) is 43.1 Å². The Labute approximate surface area is 470 Å². The molecule has 2 amide bonds. The van der Waals surface area contributed by atoms with E-state index in [1.165, 1.54) is 19.1 Å². The van der Waals surface area contributed by atoms with Crippen LogP contribution < -0.4 is 5.32 Å². The van der Waals surface area contributed by atoms with Crippen molar-refractivity contribution in [2.75, 3.05) is 34.4 Å². The van der Waals surface area contributed by atoms with Crippen molar-refractivity contribution in [3.8, 4) is 0 Å². The molecule has 0 aromatic rings. The zero-order chi connectivity index (χ0) is 59.2. The van der Waals surface area contributed by atoms with Gasteiger partial charge in [-0.15, -0.1) is 4.89 Å². The lowest BCUT2D eigenvalue weighted by molar-refractivity contribution is -0.279. The van der Waals surface area contributed by atoms with Crippen LogP contribution in [0.15, 0.2) is 47.6 Å². The number of fused-ring (bicyclic) bond motifs is 4. The van der Waals surface area contributed by atoms with Crippen LogP contribution in [0.3, 0.4) is 0 Å². The Kier molecular flexibility index (Phi) is 25.7. The van der Waals surface area contributed by atoms with Crippen molar-refractivity contribution in [2.24, 2.45) is 41.4 Å². The number of hydrogen-bond acceptors (Lipinski definition) is 20. The van der Waals surface area contributed by atoms with Gasteiger partial charge in [-0.1, -0.05) is 68.7 Å². The number of hydrogen-bond donors (Lipinski definition) is 7. The Hall–Kier alpha value is -3.77. The maximum Gasteiger partial charge on any atom is 0.700 e. The molecule has 18 atom stereocenters. The zero-order valence-corrected chi connectivity index (χ0v) is 49.2. The van der Waals surface area contributed by atoms with Crippen LogP contribution in [0.25, 0.3) is 0 Å². The lowest BCUT2D eigenvalue weighted by atomic mass is 9.68. The molecule has 25 heteroatoms. The number of aliphatic hydroxyl groups excluding tert-OH is 1. The highest BCUT2D eigenvalue weighted by molar-refractivity contribution is 7.39. The minimum absolute atomic E-state index is 0.00473. The molecule has 7 N–H and O–H groups in total. The number of rotatable bonds is 14. The Balaban J connectivity index is 1.43.